The van der Waals surface area contributed by atoms with E-state index in [2.05, 4.69) is 22.0 Å². The van der Waals surface area contributed by atoms with Crippen LogP contribution in [0, 0.1) is 6.92 Å². The quantitative estimate of drug-likeness (QED) is 0.811. The second kappa shape index (κ2) is 5.47. The van der Waals surface area contributed by atoms with Crippen LogP contribution >= 0.6 is 0 Å². The number of hydrogen-bond donors (Lipinski definition) is 1. The van der Waals surface area contributed by atoms with Crippen LogP contribution in [-0.4, -0.2) is 31.3 Å². The number of anilines is 1. The lowest BCUT2D eigenvalue weighted by atomic mass is 10.2. The number of rotatable bonds is 6. The van der Waals surface area contributed by atoms with Crippen LogP contribution in [0.1, 0.15) is 24.1 Å². The van der Waals surface area contributed by atoms with Gasteiger partial charge in [-0.25, -0.2) is 4.98 Å². The van der Waals surface area contributed by atoms with Gasteiger partial charge < -0.3 is 15.4 Å². The topological polar surface area (TPSA) is 51.4 Å². The van der Waals surface area contributed by atoms with E-state index in [0.717, 1.165) is 30.2 Å². The van der Waals surface area contributed by atoms with E-state index in [-0.39, 0.29) is 0 Å². The fourth-order valence-corrected chi connectivity index (χ4v) is 2.01. The van der Waals surface area contributed by atoms with E-state index in [1.54, 1.807) is 7.11 Å². The Balaban J connectivity index is 2.14. The van der Waals surface area contributed by atoms with Crippen LogP contribution in [0.15, 0.2) is 12.1 Å². The summed E-state index contributed by atoms with van der Waals surface area (Å²) in [6.45, 7) is 4.24. The molecule has 0 amide bonds. The first-order valence-electron chi connectivity index (χ1n) is 6.18. The summed E-state index contributed by atoms with van der Waals surface area (Å²) in [4.78, 5) is 6.99. The van der Waals surface area contributed by atoms with Crippen molar-refractivity contribution < 1.29 is 4.74 Å². The lowest BCUT2D eigenvalue weighted by Gasteiger charge is -2.23. The Labute approximate surface area is 103 Å². The average Bonchev–Trinajstić information content (AvgIpc) is 3.14. The predicted octanol–water partition coefficient (Wildman–Crippen LogP) is 1.46. The Kier molecular flexibility index (Phi) is 3.97. The molecule has 0 aromatic carbocycles. The number of pyridine rings is 1. The molecule has 1 aromatic rings. The van der Waals surface area contributed by atoms with E-state index in [9.17, 15) is 0 Å². The summed E-state index contributed by atoms with van der Waals surface area (Å²) in [5.41, 5.74) is 7.81. The van der Waals surface area contributed by atoms with Gasteiger partial charge in [0.2, 0.25) is 0 Å². The maximum Gasteiger partial charge on any atom is 0.129 e. The number of aromatic nitrogens is 1. The van der Waals surface area contributed by atoms with Crippen molar-refractivity contribution in [3.05, 3.63) is 23.4 Å². The van der Waals surface area contributed by atoms with Crippen molar-refractivity contribution in [2.45, 2.75) is 32.4 Å². The van der Waals surface area contributed by atoms with Crippen molar-refractivity contribution in [1.29, 1.82) is 0 Å². The van der Waals surface area contributed by atoms with Gasteiger partial charge >= 0.3 is 0 Å². The van der Waals surface area contributed by atoms with Gasteiger partial charge in [0, 0.05) is 31.9 Å². The van der Waals surface area contributed by atoms with E-state index in [4.69, 9.17) is 10.5 Å². The number of nitrogens with zero attached hydrogens (tertiary/aromatic N) is 2. The second-order valence-corrected chi connectivity index (χ2v) is 4.54. The zero-order valence-electron chi connectivity index (χ0n) is 10.6. The molecule has 94 valence electrons. The number of methoxy groups -OCH3 is 1. The summed E-state index contributed by atoms with van der Waals surface area (Å²) in [5, 5.41) is 0. The van der Waals surface area contributed by atoms with Gasteiger partial charge in [0.05, 0.1) is 6.61 Å². The summed E-state index contributed by atoms with van der Waals surface area (Å²) in [6, 6.07) is 4.81. The van der Waals surface area contributed by atoms with Crippen molar-refractivity contribution in [3.8, 4) is 0 Å². The molecule has 17 heavy (non-hydrogen) atoms. The molecule has 0 radical (unpaired) electrons. The zero-order valence-corrected chi connectivity index (χ0v) is 10.6. The van der Waals surface area contributed by atoms with Crippen molar-refractivity contribution in [2.24, 2.45) is 5.73 Å². The monoisotopic (exact) mass is 235 g/mol. The largest absolute Gasteiger partial charge is 0.383 e. The van der Waals surface area contributed by atoms with E-state index in [0.29, 0.717) is 12.6 Å². The number of nitrogens with two attached hydrogens (primary N) is 1. The van der Waals surface area contributed by atoms with Gasteiger partial charge in [-0.1, -0.05) is 6.07 Å². The normalized spacial score (nSPS) is 15.0. The average molecular weight is 235 g/mol. The molecule has 0 unspecified atom stereocenters. The molecule has 4 nitrogen and oxygen atoms in total. The number of ether oxygens (including phenoxy) is 1. The van der Waals surface area contributed by atoms with Crippen LogP contribution in [0.5, 0.6) is 0 Å². The minimum absolute atomic E-state index is 0.556. The highest BCUT2D eigenvalue weighted by Gasteiger charge is 2.29. The van der Waals surface area contributed by atoms with Crippen LogP contribution in [-0.2, 0) is 11.3 Å². The lowest BCUT2D eigenvalue weighted by molar-refractivity contribution is 0.204. The first kappa shape index (κ1) is 12.3. The molecule has 0 saturated heterocycles. The van der Waals surface area contributed by atoms with E-state index < -0.39 is 0 Å². The fraction of sp³-hybridized carbons (Fsp3) is 0.615. The van der Waals surface area contributed by atoms with Gasteiger partial charge in [-0.15, -0.1) is 0 Å². The molecule has 1 aliphatic carbocycles. The first-order chi connectivity index (χ1) is 8.26. The van der Waals surface area contributed by atoms with Crippen LogP contribution in [0.25, 0.3) is 0 Å². The van der Waals surface area contributed by atoms with Crippen LogP contribution < -0.4 is 10.6 Å². The van der Waals surface area contributed by atoms with Gasteiger partial charge in [0.15, 0.2) is 0 Å². The molecule has 0 bridgehead atoms. The van der Waals surface area contributed by atoms with Gasteiger partial charge in [-0.3, -0.25) is 0 Å². The molecule has 1 saturated carbocycles. The third-order valence-electron chi connectivity index (χ3n) is 3.22. The molecular weight excluding hydrogens is 214 g/mol. The van der Waals surface area contributed by atoms with Crippen LogP contribution in [0.3, 0.4) is 0 Å². The molecule has 2 rings (SSSR count). The van der Waals surface area contributed by atoms with Crippen LogP contribution in [0.4, 0.5) is 5.82 Å². The molecule has 2 N–H and O–H groups in total. The second-order valence-electron chi connectivity index (χ2n) is 4.54. The highest BCUT2D eigenvalue weighted by molar-refractivity contribution is 5.44. The van der Waals surface area contributed by atoms with Crippen molar-refractivity contribution >= 4 is 5.82 Å². The Morgan fingerprint density at radius 1 is 1.47 bits per heavy atom. The maximum atomic E-state index is 5.66. The standard InChI is InChI=1S/C13H21N3O/c1-10-11(9-14)3-6-13(15-10)16(7-8-17-2)12-4-5-12/h3,6,12H,4-5,7-9,14H2,1-2H3. The Morgan fingerprint density at radius 2 is 2.24 bits per heavy atom. The van der Waals surface area contributed by atoms with Crippen molar-refractivity contribution in [2.75, 3.05) is 25.2 Å². The molecule has 1 heterocycles. The highest BCUT2D eigenvalue weighted by atomic mass is 16.5. The summed E-state index contributed by atoms with van der Waals surface area (Å²) in [7, 11) is 1.74. The molecule has 0 atom stereocenters. The third-order valence-corrected chi connectivity index (χ3v) is 3.22. The predicted molar refractivity (Wildman–Crippen MR) is 69.1 cm³/mol. The summed E-state index contributed by atoms with van der Waals surface area (Å²) in [6.07, 6.45) is 2.53. The van der Waals surface area contributed by atoms with Gasteiger partial charge in [0.1, 0.15) is 5.82 Å². The Morgan fingerprint density at radius 3 is 2.76 bits per heavy atom. The summed E-state index contributed by atoms with van der Waals surface area (Å²) >= 11 is 0. The number of hydrogen-bond acceptors (Lipinski definition) is 4. The molecule has 1 aliphatic rings. The van der Waals surface area contributed by atoms with Gasteiger partial charge in [-0.2, -0.15) is 0 Å². The van der Waals surface area contributed by atoms with Crippen molar-refractivity contribution in [3.63, 3.8) is 0 Å². The molecule has 4 heteroatoms. The smallest absolute Gasteiger partial charge is 0.129 e. The zero-order chi connectivity index (χ0) is 12.3. The minimum Gasteiger partial charge on any atom is -0.383 e. The Bertz CT molecular complexity index is 377. The van der Waals surface area contributed by atoms with Gasteiger partial charge in [0.25, 0.3) is 0 Å². The fourth-order valence-electron chi connectivity index (χ4n) is 2.01. The van der Waals surface area contributed by atoms with E-state index in [1.807, 2.05) is 6.92 Å². The lowest BCUT2D eigenvalue weighted by Crippen LogP contribution is -2.30. The minimum atomic E-state index is 0.556. The number of aryl methyl sites for hydroxylation is 1. The van der Waals surface area contributed by atoms with E-state index >= 15 is 0 Å². The van der Waals surface area contributed by atoms with Gasteiger partial charge in [-0.05, 0) is 31.4 Å². The molecule has 1 aromatic heterocycles. The maximum absolute atomic E-state index is 5.66. The molecule has 0 spiro atoms. The SMILES string of the molecule is COCCN(c1ccc(CN)c(C)n1)C1CC1. The van der Waals surface area contributed by atoms with Crippen molar-refractivity contribution in [1.82, 2.24) is 4.98 Å². The molecule has 0 aliphatic heterocycles. The molecular formula is C13H21N3O. The summed E-state index contributed by atoms with van der Waals surface area (Å²) in [5.74, 6) is 1.05. The highest BCUT2D eigenvalue weighted by Crippen LogP contribution is 2.30. The van der Waals surface area contributed by atoms with E-state index in [1.165, 1.54) is 12.8 Å². The Hall–Kier alpha value is -1.13. The molecule has 1 fully saturated rings. The van der Waals surface area contributed by atoms with Crippen LogP contribution in [0.2, 0.25) is 0 Å². The third kappa shape index (κ3) is 2.96. The first-order valence-corrected chi connectivity index (χ1v) is 6.18. The summed E-state index contributed by atoms with van der Waals surface area (Å²) < 4.78 is 5.16.